The molecule has 0 aliphatic carbocycles. The van der Waals surface area contributed by atoms with Crippen molar-refractivity contribution in [3.63, 3.8) is 0 Å². The third kappa shape index (κ3) is 10.7. The lowest BCUT2D eigenvalue weighted by molar-refractivity contribution is -0.146. The zero-order valence-corrected chi connectivity index (χ0v) is 13.2. The zero-order valence-electron chi connectivity index (χ0n) is 13.2. The van der Waals surface area contributed by atoms with Gasteiger partial charge in [0.2, 0.25) is 0 Å². The highest BCUT2D eigenvalue weighted by Crippen LogP contribution is 1.98. The third-order valence-corrected chi connectivity index (χ3v) is 2.25. The van der Waals surface area contributed by atoms with Crippen LogP contribution in [0.15, 0.2) is 0 Å². The summed E-state index contributed by atoms with van der Waals surface area (Å²) in [4.78, 5) is 33.7. The van der Waals surface area contributed by atoms with E-state index in [0.29, 0.717) is 6.54 Å². The zero-order chi connectivity index (χ0) is 16.8. The van der Waals surface area contributed by atoms with E-state index in [1.165, 1.54) is 7.05 Å². The van der Waals surface area contributed by atoms with Gasteiger partial charge in [-0.25, -0.2) is 9.59 Å². The average Bonchev–Trinajstić information content (AvgIpc) is 2.50. The smallest absolute Gasteiger partial charge is 0.461 e. The van der Waals surface area contributed by atoms with Crippen LogP contribution in [0, 0.1) is 0 Å². The second kappa shape index (κ2) is 12.7. The first kappa shape index (κ1) is 20.0. The van der Waals surface area contributed by atoms with E-state index in [-0.39, 0.29) is 26.4 Å². The minimum atomic E-state index is -0.917. The molecule has 128 valence electrons. The van der Waals surface area contributed by atoms with E-state index in [2.05, 4.69) is 15.4 Å². The molecule has 2 N–H and O–H groups in total. The Morgan fingerprint density at radius 2 is 1.73 bits per heavy atom. The topological polar surface area (TPSA) is 112 Å². The van der Waals surface area contributed by atoms with E-state index in [9.17, 15) is 14.4 Å². The molecule has 22 heavy (non-hydrogen) atoms. The number of carbonyl (C=O) groups excluding carboxylic acids is 3. The number of ether oxygens (including phenoxy) is 4. The second-order valence-corrected chi connectivity index (χ2v) is 4.13. The van der Waals surface area contributed by atoms with Crippen LogP contribution in [0.4, 0.5) is 9.59 Å². The predicted octanol–water partition coefficient (Wildman–Crippen LogP) is 0.427. The Kier molecular flexibility index (Phi) is 11.5. The molecule has 0 saturated heterocycles. The van der Waals surface area contributed by atoms with Crippen molar-refractivity contribution in [1.29, 1.82) is 0 Å². The summed E-state index contributed by atoms with van der Waals surface area (Å²) in [5, 5.41) is 5.13. The first-order chi connectivity index (χ1) is 10.5. The molecule has 1 amide bonds. The molecule has 0 radical (unpaired) electrons. The van der Waals surface area contributed by atoms with Crippen LogP contribution >= 0.6 is 0 Å². The van der Waals surface area contributed by atoms with Crippen LogP contribution in [0.2, 0.25) is 0 Å². The molecule has 0 saturated carbocycles. The molecule has 0 aromatic rings. The molecule has 0 aromatic heterocycles. The fourth-order valence-corrected chi connectivity index (χ4v) is 1.25. The van der Waals surface area contributed by atoms with Gasteiger partial charge in [-0.1, -0.05) is 6.92 Å². The number of carbonyl (C=O) groups is 3. The summed E-state index contributed by atoms with van der Waals surface area (Å²) < 4.78 is 19.2. The van der Waals surface area contributed by atoms with E-state index in [1.807, 2.05) is 6.92 Å². The molecule has 0 aromatic carbocycles. The Morgan fingerprint density at radius 3 is 2.32 bits per heavy atom. The second-order valence-electron chi connectivity index (χ2n) is 4.13. The van der Waals surface area contributed by atoms with Gasteiger partial charge >= 0.3 is 18.2 Å². The largest absolute Gasteiger partial charge is 0.508 e. The van der Waals surface area contributed by atoms with Crippen molar-refractivity contribution in [1.82, 2.24) is 10.6 Å². The Balaban J connectivity index is 4.19. The van der Waals surface area contributed by atoms with Crippen molar-refractivity contribution in [3.8, 4) is 0 Å². The number of rotatable bonds is 10. The average molecular weight is 320 g/mol. The molecule has 1 atom stereocenters. The lowest BCUT2D eigenvalue weighted by atomic mass is 10.4. The van der Waals surface area contributed by atoms with Crippen LogP contribution in [0.1, 0.15) is 20.3 Å². The van der Waals surface area contributed by atoms with Crippen molar-refractivity contribution in [2.75, 3.05) is 40.0 Å². The highest BCUT2D eigenvalue weighted by atomic mass is 16.7. The standard InChI is InChI=1S/C13H24N2O7/c1-4-6-15-7-11(16)20-8-10(22-12(17)14-3)9-21-13(18)19-5-2/h10,15H,4-9H2,1-3H3,(H,14,17). The van der Waals surface area contributed by atoms with Gasteiger partial charge in [0, 0.05) is 7.05 Å². The lowest BCUT2D eigenvalue weighted by Crippen LogP contribution is -2.35. The Morgan fingerprint density at radius 1 is 1.05 bits per heavy atom. The summed E-state index contributed by atoms with van der Waals surface area (Å²) in [6.45, 7) is 4.01. The van der Waals surface area contributed by atoms with Crippen molar-refractivity contribution < 1.29 is 33.3 Å². The van der Waals surface area contributed by atoms with Gasteiger partial charge in [0.25, 0.3) is 0 Å². The van der Waals surface area contributed by atoms with Crippen LogP contribution in [0.25, 0.3) is 0 Å². The first-order valence-corrected chi connectivity index (χ1v) is 7.07. The van der Waals surface area contributed by atoms with Crippen LogP contribution in [-0.4, -0.2) is 64.3 Å². The molecule has 0 aliphatic rings. The molecule has 0 aliphatic heterocycles. The van der Waals surface area contributed by atoms with Crippen LogP contribution < -0.4 is 10.6 Å². The molecule has 0 bridgehead atoms. The van der Waals surface area contributed by atoms with E-state index in [4.69, 9.17) is 14.2 Å². The molecule has 0 rings (SSSR count). The number of esters is 1. The summed E-state index contributed by atoms with van der Waals surface area (Å²) >= 11 is 0. The molecule has 0 spiro atoms. The Hall–Kier alpha value is -2.03. The van der Waals surface area contributed by atoms with Gasteiger partial charge in [0.15, 0.2) is 6.10 Å². The van der Waals surface area contributed by atoms with Crippen LogP contribution in [0.5, 0.6) is 0 Å². The number of hydrogen-bond acceptors (Lipinski definition) is 8. The number of nitrogens with one attached hydrogen (secondary N) is 2. The van der Waals surface area contributed by atoms with Gasteiger partial charge in [-0.15, -0.1) is 0 Å². The lowest BCUT2D eigenvalue weighted by Gasteiger charge is -2.17. The summed E-state index contributed by atoms with van der Waals surface area (Å²) in [6.07, 6.45) is -1.63. The SMILES string of the molecule is CCCNCC(=O)OCC(COC(=O)OCC)OC(=O)NC. The first-order valence-electron chi connectivity index (χ1n) is 7.07. The van der Waals surface area contributed by atoms with Crippen molar-refractivity contribution in [2.24, 2.45) is 0 Å². The van der Waals surface area contributed by atoms with Gasteiger partial charge < -0.3 is 29.6 Å². The van der Waals surface area contributed by atoms with E-state index in [1.54, 1.807) is 6.92 Å². The fraction of sp³-hybridized carbons (Fsp3) is 0.769. The summed E-state index contributed by atoms with van der Waals surface area (Å²) in [5.74, 6) is -0.491. The van der Waals surface area contributed by atoms with Crippen molar-refractivity contribution in [2.45, 2.75) is 26.4 Å². The number of alkyl carbamates (subject to hydrolysis) is 1. The number of amides is 1. The molecule has 0 fully saturated rings. The van der Waals surface area contributed by atoms with Gasteiger partial charge in [-0.3, -0.25) is 4.79 Å². The Bertz CT molecular complexity index is 349. The van der Waals surface area contributed by atoms with Crippen molar-refractivity contribution >= 4 is 18.2 Å². The summed E-state index contributed by atoms with van der Waals surface area (Å²) in [5.41, 5.74) is 0. The van der Waals surface area contributed by atoms with E-state index in [0.717, 1.165) is 6.42 Å². The molecule has 9 nitrogen and oxygen atoms in total. The van der Waals surface area contributed by atoms with Gasteiger partial charge in [-0.05, 0) is 19.9 Å². The molecule has 1 unspecified atom stereocenters. The van der Waals surface area contributed by atoms with Gasteiger partial charge in [-0.2, -0.15) is 0 Å². The van der Waals surface area contributed by atoms with E-state index < -0.39 is 24.3 Å². The minimum absolute atomic E-state index is 0.0548. The Labute approximate surface area is 129 Å². The highest BCUT2D eigenvalue weighted by Gasteiger charge is 2.19. The van der Waals surface area contributed by atoms with Gasteiger partial charge in [0.05, 0.1) is 13.2 Å². The van der Waals surface area contributed by atoms with Crippen LogP contribution in [-0.2, 0) is 23.7 Å². The molecular weight excluding hydrogens is 296 g/mol. The summed E-state index contributed by atoms with van der Waals surface area (Å²) in [6, 6.07) is 0. The van der Waals surface area contributed by atoms with Crippen molar-refractivity contribution in [3.05, 3.63) is 0 Å². The normalized spacial score (nSPS) is 11.2. The minimum Gasteiger partial charge on any atom is -0.461 e. The summed E-state index contributed by atoms with van der Waals surface area (Å²) in [7, 11) is 1.38. The number of hydrogen-bond donors (Lipinski definition) is 2. The van der Waals surface area contributed by atoms with E-state index >= 15 is 0 Å². The predicted molar refractivity (Wildman–Crippen MR) is 76.4 cm³/mol. The highest BCUT2D eigenvalue weighted by molar-refractivity contribution is 5.71. The maximum atomic E-state index is 11.4. The molecule has 9 heteroatoms. The molecular formula is C13H24N2O7. The van der Waals surface area contributed by atoms with Gasteiger partial charge in [0.1, 0.15) is 13.2 Å². The quantitative estimate of drug-likeness (QED) is 0.338. The monoisotopic (exact) mass is 320 g/mol. The fourth-order valence-electron chi connectivity index (χ4n) is 1.25. The van der Waals surface area contributed by atoms with Crippen LogP contribution in [0.3, 0.4) is 0 Å². The third-order valence-electron chi connectivity index (χ3n) is 2.25. The molecule has 0 heterocycles. The maximum Gasteiger partial charge on any atom is 0.508 e. The maximum absolute atomic E-state index is 11.4.